The van der Waals surface area contributed by atoms with Crippen LogP contribution in [0.4, 0.5) is 0 Å². The van der Waals surface area contributed by atoms with Gasteiger partial charge in [0.05, 0.1) is 6.10 Å². The number of aliphatic hydroxyl groups is 2. The Balaban J connectivity index is 1.33. The summed E-state index contributed by atoms with van der Waals surface area (Å²) in [6, 6.07) is 7.42. The number of hydrogen-bond acceptors (Lipinski definition) is 5. The Bertz CT molecular complexity index is 816. The minimum atomic E-state index is -0.808. The van der Waals surface area contributed by atoms with Crippen LogP contribution in [-0.4, -0.2) is 46.2 Å². The molecule has 6 nitrogen and oxygen atoms in total. The van der Waals surface area contributed by atoms with Gasteiger partial charge in [0.25, 0.3) is 0 Å². The van der Waals surface area contributed by atoms with Crippen LogP contribution in [0, 0.1) is 17.8 Å². The second-order valence-corrected chi connectivity index (χ2v) is 8.65. The quantitative estimate of drug-likeness (QED) is 0.468. The van der Waals surface area contributed by atoms with Crippen molar-refractivity contribution in [1.82, 2.24) is 0 Å². The Kier molecular flexibility index (Phi) is 6.44. The number of aliphatic carboxylic acids is 1. The molecular formula is C24H30O6. The third-order valence-corrected chi connectivity index (χ3v) is 6.58. The number of aliphatic hydroxyl groups excluding tert-OH is 2. The molecule has 2 aliphatic carbocycles. The number of para-hydroxylation sites is 2. The fourth-order valence-corrected chi connectivity index (χ4v) is 5.07. The highest BCUT2D eigenvalue weighted by Crippen LogP contribution is 2.50. The minimum absolute atomic E-state index is 0.0198. The molecule has 0 bridgehead atoms. The molecule has 3 aliphatic rings. The van der Waals surface area contributed by atoms with Crippen molar-refractivity contribution in [3.05, 3.63) is 48.1 Å². The largest absolute Gasteiger partial charge is 0.486 e. The molecule has 1 heterocycles. The lowest BCUT2D eigenvalue weighted by Crippen LogP contribution is -2.38. The molecule has 1 aromatic rings. The van der Waals surface area contributed by atoms with E-state index >= 15 is 0 Å². The van der Waals surface area contributed by atoms with Crippen molar-refractivity contribution in [2.45, 2.75) is 56.8 Å². The van der Waals surface area contributed by atoms with E-state index in [1.807, 2.05) is 30.3 Å². The summed E-state index contributed by atoms with van der Waals surface area (Å²) in [5.74, 6) is 1.42. The first-order chi connectivity index (χ1) is 14.5. The number of carbonyl (C=O) groups is 1. The van der Waals surface area contributed by atoms with Crippen LogP contribution in [-0.2, 0) is 4.79 Å². The maximum atomic E-state index is 10.6. The highest BCUT2D eigenvalue weighted by molar-refractivity contribution is 5.66. The smallest absolute Gasteiger partial charge is 0.303 e. The number of hydrogen-bond donors (Lipinski definition) is 3. The number of fused-ring (bicyclic) bond motifs is 2. The van der Waals surface area contributed by atoms with Crippen molar-refractivity contribution in [3.63, 3.8) is 0 Å². The van der Waals surface area contributed by atoms with Crippen LogP contribution >= 0.6 is 0 Å². The number of ether oxygens (including phenoxy) is 2. The number of carboxylic acid groups (broad SMARTS) is 1. The van der Waals surface area contributed by atoms with Crippen LogP contribution in [0.25, 0.3) is 0 Å². The van der Waals surface area contributed by atoms with Gasteiger partial charge in [0.1, 0.15) is 12.7 Å². The molecule has 2 saturated carbocycles. The van der Waals surface area contributed by atoms with E-state index in [0.29, 0.717) is 29.8 Å². The average molecular weight is 414 g/mol. The molecule has 3 N–H and O–H groups in total. The zero-order valence-corrected chi connectivity index (χ0v) is 17.0. The van der Waals surface area contributed by atoms with E-state index in [1.165, 1.54) is 5.57 Å². The molecule has 0 amide bonds. The van der Waals surface area contributed by atoms with Crippen LogP contribution in [0.1, 0.15) is 38.5 Å². The van der Waals surface area contributed by atoms with E-state index in [2.05, 4.69) is 6.08 Å². The lowest BCUT2D eigenvalue weighted by Gasteiger charge is -2.28. The van der Waals surface area contributed by atoms with Gasteiger partial charge >= 0.3 is 5.97 Å². The summed E-state index contributed by atoms with van der Waals surface area (Å²) in [6.45, 7) is 0.283. The minimum Gasteiger partial charge on any atom is -0.486 e. The fraction of sp³-hybridized carbons (Fsp3) is 0.542. The molecule has 6 atom stereocenters. The highest BCUT2D eigenvalue weighted by atomic mass is 16.6. The van der Waals surface area contributed by atoms with Crippen molar-refractivity contribution in [3.8, 4) is 11.5 Å². The first-order valence-electron chi connectivity index (χ1n) is 10.8. The monoisotopic (exact) mass is 414 g/mol. The van der Waals surface area contributed by atoms with Gasteiger partial charge in [-0.1, -0.05) is 35.9 Å². The number of unbranched alkanes of at least 4 members (excludes halogenated alkanes) is 1. The summed E-state index contributed by atoms with van der Waals surface area (Å²) in [6.07, 6.45) is 8.58. The maximum absolute atomic E-state index is 10.6. The van der Waals surface area contributed by atoms with Gasteiger partial charge in [0.15, 0.2) is 17.6 Å². The molecule has 2 fully saturated rings. The standard InChI is InChI=1S/C24H30O6/c25-19(23-14-29-21-6-2-3-7-22(21)30-23)10-9-17-18-12-15(5-1-4-8-24(27)28)11-16(18)13-20(17)26/h2-3,5-7,9-10,16-20,23,25-26H,1,4,8,11-14H2,(H,27,28)/b10-9+,15-5+/t16?,17-,18?,19-,20-,23?/m1/s1. The molecule has 0 radical (unpaired) electrons. The molecule has 162 valence electrons. The average Bonchev–Trinajstić information content (AvgIpc) is 3.25. The third kappa shape index (κ3) is 4.71. The summed E-state index contributed by atoms with van der Waals surface area (Å²) in [5, 5.41) is 29.9. The van der Waals surface area contributed by atoms with Gasteiger partial charge in [-0.3, -0.25) is 4.79 Å². The second-order valence-electron chi connectivity index (χ2n) is 8.65. The molecule has 3 unspecified atom stereocenters. The molecule has 1 aliphatic heterocycles. The number of benzene rings is 1. The molecule has 4 rings (SSSR count). The van der Waals surface area contributed by atoms with Gasteiger partial charge in [-0.25, -0.2) is 0 Å². The summed E-state index contributed by atoms with van der Waals surface area (Å²) >= 11 is 0. The molecule has 0 saturated heterocycles. The fourth-order valence-electron chi connectivity index (χ4n) is 5.07. The maximum Gasteiger partial charge on any atom is 0.303 e. The predicted molar refractivity (Wildman–Crippen MR) is 111 cm³/mol. The molecule has 1 aromatic carbocycles. The number of rotatable bonds is 7. The van der Waals surface area contributed by atoms with E-state index in [9.17, 15) is 15.0 Å². The van der Waals surface area contributed by atoms with E-state index in [0.717, 1.165) is 25.7 Å². The molecule has 0 spiro atoms. The molecule has 6 heteroatoms. The topological polar surface area (TPSA) is 96.2 Å². The van der Waals surface area contributed by atoms with E-state index < -0.39 is 18.2 Å². The van der Waals surface area contributed by atoms with Crippen molar-refractivity contribution < 1.29 is 29.6 Å². The van der Waals surface area contributed by atoms with Gasteiger partial charge in [-0.05, 0) is 56.1 Å². The zero-order valence-electron chi connectivity index (χ0n) is 17.0. The van der Waals surface area contributed by atoms with Gasteiger partial charge in [-0.15, -0.1) is 0 Å². The summed E-state index contributed by atoms with van der Waals surface area (Å²) in [4.78, 5) is 10.6. The lowest BCUT2D eigenvalue weighted by atomic mass is 9.90. The third-order valence-electron chi connectivity index (χ3n) is 6.58. The number of allylic oxidation sites excluding steroid dienone is 2. The highest BCUT2D eigenvalue weighted by Gasteiger charge is 2.45. The van der Waals surface area contributed by atoms with Crippen LogP contribution in [0.15, 0.2) is 48.1 Å². The van der Waals surface area contributed by atoms with Crippen molar-refractivity contribution in [1.29, 1.82) is 0 Å². The predicted octanol–water partition coefficient (Wildman–Crippen LogP) is 3.33. The van der Waals surface area contributed by atoms with Gasteiger partial charge in [0, 0.05) is 12.3 Å². The molecule has 0 aromatic heterocycles. The van der Waals surface area contributed by atoms with E-state index in [1.54, 1.807) is 6.08 Å². The normalized spacial score (nSPS) is 32.5. The lowest BCUT2D eigenvalue weighted by molar-refractivity contribution is -0.137. The molecule has 30 heavy (non-hydrogen) atoms. The first-order valence-corrected chi connectivity index (χ1v) is 10.8. The van der Waals surface area contributed by atoms with Gasteiger partial charge in [-0.2, -0.15) is 0 Å². The summed E-state index contributed by atoms with van der Waals surface area (Å²) < 4.78 is 11.6. The van der Waals surface area contributed by atoms with Crippen LogP contribution in [0.3, 0.4) is 0 Å². The van der Waals surface area contributed by atoms with Crippen LogP contribution in [0.5, 0.6) is 11.5 Å². The first kappa shape index (κ1) is 20.9. The zero-order chi connectivity index (χ0) is 21.1. The Morgan fingerprint density at radius 1 is 1.23 bits per heavy atom. The number of carboxylic acids is 1. The van der Waals surface area contributed by atoms with Crippen molar-refractivity contribution in [2.75, 3.05) is 6.61 Å². The second kappa shape index (κ2) is 9.23. The van der Waals surface area contributed by atoms with Gasteiger partial charge < -0.3 is 24.8 Å². The van der Waals surface area contributed by atoms with E-state index in [-0.39, 0.29) is 25.0 Å². The summed E-state index contributed by atoms with van der Waals surface area (Å²) in [7, 11) is 0. The van der Waals surface area contributed by atoms with Gasteiger partial charge in [0.2, 0.25) is 0 Å². The SMILES string of the molecule is O=C(O)CCC/C=C1\CC2C[C@@H](O)[C@H](/C=C/[C@@H](O)C3COc4ccccc4O3)C2C1. The Labute approximate surface area is 176 Å². The van der Waals surface area contributed by atoms with Crippen LogP contribution in [0.2, 0.25) is 0 Å². The van der Waals surface area contributed by atoms with Crippen molar-refractivity contribution in [2.24, 2.45) is 17.8 Å². The van der Waals surface area contributed by atoms with E-state index in [4.69, 9.17) is 14.6 Å². The Hall–Kier alpha value is -2.31. The summed E-state index contributed by atoms with van der Waals surface area (Å²) in [5.41, 5.74) is 1.38. The van der Waals surface area contributed by atoms with Crippen LogP contribution < -0.4 is 9.47 Å². The van der Waals surface area contributed by atoms with Crippen molar-refractivity contribution >= 4 is 5.97 Å². The Morgan fingerprint density at radius 2 is 2.03 bits per heavy atom. The molecular weight excluding hydrogens is 384 g/mol. The Morgan fingerprint density at radius 3 is 2.83 bits per heavy atom.